The first-order valence-corrected chi connectivity index (χ1v) is 6.84. The number of alkyl carbamates (subject to hydrolysis) is 1. The number of carbonyl (C=O) groups is 2. The summed E-state index contributed by atoms with van der Waals surface area (Å²) in [6.07, 6.45) is 2.87. The van der Waals surface area contributed by atoms with Crippen molar-refractivity contribution in [2.75, 3.05) is 7.11 Å². The summed E-state index contributed by atoms with van der Waals surface area (Å²) in [6, 6.07) is -0.816. The molecule has 1 aromatic rings. The number of amides is 1. The van der Waals surface area contributed by atoms with Gasteiger partial charge in [0, 0.05) is 18.9 Å². The Bertz CT molecular complexity index is 496. The Morgan fingerprint density at radius 2 is 2.14 bits per heavy atom. The summed E-state index contributed by atoms with van der Waals surface area (Å²) in [5.41, 5.74) is -0.640. The van der Waals surface area contributed by atoms with Crippen molar-refractivity contribution < 1.29 is 19.1 Å². The van der Waals surface area contributed by atoms with Crippen molar-refractivity contribution in [2.24, 2.45) is 0 Å². The van der Waals surface area contributed by atoms with Crippen LogP contribution < -0.4 is 5.32 Å². The first-order chi connectivity index (χ1) is 9.73. The number of halogens is 1. The van der Waals surface area contributed by atoms with E-state index in [0.29, 0.717) is 18.2 Å². The Labute approximate surface area is 128 Å². The van der Waals surface area contributed by atoms with Crippen LogP contribution in [0.4, 0.5) is 4.79 Å². The number of imidazole rings is 1. The topological polar surface area (TPSA) is 82.5 Å². The molecule has 21 heavy (non-hydrogen) atoms. The molecule has 0 radical (unpaired) electrons. The lowest BCUT2D eigenvalue weighted by molar-refractivity contribution is -0.143. The van der Waals surface area contributed by atoms with Gasteiger partial charge in [-0.25, -0.2) is 14.6 Å². The van der Waals surface area contributed by atoms with E-state index in [2.05, 4.69) is 15.0 Å². The monoisotopic (exact) mass is 317 g/mol. The van der Waals surface area contributed by atoms with Crippen molar-refractivity contribution >= 4 is 23.7 Å². The van der Waals surface area contributed by atoms with Crippen molar-refractivity contribution in [3.05, 3.63) is 17.7 Å². The van der Waals surface area contributed by atoms with Gasteiger partial charge in [0.05, 0.1) is 7.11 Å². The molecule has 1 amide bonds. The van der Waals surface area contributed by atoms with Gasteiger partial charge >= 0.3 is 12.1 Å². The average Bonchev–Trinajstić information content (AvgIpc) is 2.77. The van der Waals surface area contributed by atoms with E-state index in [1.165, 1.54) is 7.11 Å². The standard InChI is InChI=1S/C13H20ClN3O4/c1-13(2,3)21-12(19)16-9(10(18)20-4)5-7-17-8-6-15-11(17)14/h6,8-9H,5,7H2,1-4H3,(H,16,19). The van der Waals surface area contributed by atoms with Crippen LogP contribution in [0.15, 0.2) is 12.4 Å². The summed E-state index contributed by atoms with van der Waals surface area (Å²) in [5, 5.41) is 2.81. The molecule has 7 nitrogen and oxygen atoms in total. The van der Waals surface area contributed by atoms with Crippen molar-refractivity contribution in [3.63, 3.8) is 0 Å². The number of hydrogen-bond acceptors (Lipinski definition) is 5. The minimum Gasteiger partial charge on any atom is -0.467 e. The van der Waals surface area contributed by atoms with E-state index >= 15 is 0 Å². The highest BCUT2D eigenvalue weighted by molar-refractivity contribution is 6.28. The molecule has 1 rings (SSSR count). The van der Waals surface area contributed by atoms with Crippen LogP contribution in [-0.2, 0) is 20.8 Å². The maximum Gasteiger partial charge on any atom is 0.408 e. The second-order valence-corrected chi connectivity index (χ2v) is 5.74. The fraction of sp³-hybridized carbons (Fsp3) is 0.615. The second kappa shape index (κ2) is 7.31. The minimum absolute atomic E-state index is 0.308. The van der Waals surface area contributed by atoms with E-state index in [-0.39, 0.29) is 0 Å². The number of rotatable bonds is 5. The van der Waals surface area contributed by atoms with Crippen LogP contribution in [0.25, 0.3) is 0 Å². The molecule has 1 unspecified atom stereocenters. The van der Waals surface area contributed by atoms with E-state index in [9.17, 15) is 9.59 Å². The molecule has 118 valence electrons. The first-order valence-electron chi connectivity index (χ1n) is 6.47. The predicted molar refractivity (Wildman–Crippen MR) is 77.0 cm³/mol. The molecule has 0 aliphatic carbocycles. The Balaban J connectivity index is 2.62. The van der Waals surface area contributed by atoms with Crippen LogP contribution in [0.3, 0.4) is 0 Å². The summed E-state index contributed by atoms with van der Waals surface area (Å²) >= 11 is 5.85. The molecule has 1 aromatic heterocycles. The zero-order valence-corrected chi connectivity index (χ0v) is 13.3. The van der Waals surface area contributed by atoms with Crippen LogP contribution in [-0.4, -0.2) is 40.4 Å². The zero-order chi connectivity index (χ0) is 16.0. The summed E-state index contributed by atoms with van der Waals surface area (Å²) < 4.78 is 11.5. The van der Waals surface area contributed by atoms with Gasteiger partial charge in [-0.15, -0.1) is 0 Å². The van der Waals surface area contributed by atoms with Crippen LogP contribution in [0, 0.1) is 0 Å². The van der Waals surface area contributed by atoms with Crippen molar-refractivity contribution in [1.29, 1.82) is 0 Å². The van der Waals surface area contributed by atoms with E-state index in [1.807, 2.05) is 0 Å². The van der Waals surface area contributed by atoms with Crippen molar-refractivity contribution in [3.8, 4) is 0 Å². The van der Waals surface area contributed by atoms with Gasteiger partial charge in [-0.1, -0.05) is 0 Å². The zero-order valence-electron chi connectivity index (χ0n) is 12.6. The quantitative estimate of drug-likeness (QED) is 0.840. The van der Waals surface area contributed by atoms with Crippen molar-refractivity contribution in [1.82, 2.24) is 14.9 Å². The van der Waals surface area contributed by atoms with E-state index in [0.717, 1.165) is 0 Å². The molecule has 8 heteroatoms. The minimum atomic E-state index is -0.816. The normalized spacial score (nSPS) is 12.6. The number of hydrogen-bond donors (Lipinski definition) is 1. The molecule has 0 aliphatic rings. The Morgan fingerprint density at radius 1 is 1.48 bits per heavy atom. The molecular formula is C13H20ClN3O4. The molecular weight excluding hydrogens is 298 g/mol. The molecule has 1 heterocycles. The van der Waals surface area contributed by atoms with E-state index in [4.69, 9.17) is 16.3 Å². The number of ether oxygens (including phenoxy) is 2. The number of carbonyl (C=O) groups excluding carboxylic acids is 2. The lowest BCUT2D eigenvalue weighted by Crippen LogP contribution is -2.44. The van der Waals surface area contributed by atoms with Crippen LogP contribution in [0.2, 0.25) is 5.28 Å². The van der Waals surface area contributed by atoms with Gasteiger partial charge < -0.3 is 19.4 Å². The lowest BCUT2D eigenvalue weighted by Gasteiger charge is -2.22. The van der Waals surface area contributed by atoms with Crippen LogP contribution in [0.5, 0.6) is 0 Å². The Morgan fingerprint density at radius 3 is 2.62 bits per heavy atom. The molecule has 0 fully saturated rings. The van der Waals surface area contributed by atoms with Gasteiger partial charge in [0.2, 0.25) is 5.28 Å². The number of aromatic nitrogens is 2. The van der Waals surface area contributed by atoms with Gasteiger partial charge in [0.1, 0.15) is 11.6 Å². The average molecular weight is 318 g/mol. The van der Waals surface area contributed by atoms with Gasteiger partial charge in [-0.2, -0.15) is 0 Å². The Hall–Kier alpha value is -1.76. The summed E-state index contributed by atoms with van der Waals surface area (Å²) in [6.45, 7) is 5.63. The summed E-state index contributed by atoms with van der Waals surface area (Å²) in [4.78, 5) is 27.3. The lowest BCUT2D eigenvalue weighted by atomic mass is 10.2. The SMILES string of the molecule is COC(=O)C(CCn1ccnc1Cl)NC(=O)OC(C)(C)C. The highest BCUT2D eigenvalue weighted by Gasteiger charge is 2.25. The smallest absolute Gasteiger partial charge is 0.408 e. The second-order valence-electron chi connectivity index (χ2n) is 5.40. The molecule has 1 atom stereocenters. The summed E-state index contributed by atoms with van der Waals surface area (Å²) in [7, 11) is 1.26. The van der Waals surface area contributed by atoms with Gasteiger partial charge in [0.25, 0.3) is 0 Å². The fourth-order valence-electron chi connectivity index (χ4n) is 1.59. The third kappa shape index (κ3) is 6.03. The number of nitrogens with one attached hydrogen (secondary N) is 1. The molecule has 0 aromatic carbocycles. The predicted octanol–water partition coefficient (Wildman–Crippen LogP) is 1.99. The number of nitrogens with zero attached hydrogens (tertiary/aromatic N) is 2. The fourth-order valence-corrected chi connectivity index (χ4v) is 1.78. The van der Waals surface area contributed by atoms with Crippen LogP contribution >= 0.6 is 11.6 Å². The molecule has 0 saturated carbocycles. The highest BCUT2D eigenvalue weighted by atomic mass is 35.5. The van der Waals surface area contributed by atoms with Crippen molar-refractivity contribution in [2.45, 2.75) is 45.4 Å². The molecule has 0 aliphatic heterocycles. The summed E-state index contributed by atoms with van der Waals surface area (Å²) in [5.74, 6) is -0.544. The van der Waals surface area contributed by atoms with E-state index < -0.39 is 23.7 Å². The highest BCUT2D eigenvalue weighted by Crippen LogP contribution is 2.10. The van der Waals surface area contributed by atoms with Crippen LogP contribution in [0.1, 0.15) is 27.2 Å². The maximum atomic E-state index is 11.7. The molecule has 1 N–H and O–H groups in total. The molecule has 0 saturated heterocycles. The molecule has 0 spiro atoms. The first kappa shape index (κ1) is 17.3. The number of aryl methyl sites for hydroxylation is 1. The maximum absolute atomic E-state index is 11.7. The number of methoxy groups -OCH3 is 1. The number of esters is 1. The third-order valence-electron chi connectivity index (χ3n) is 2.50. The molecule has 0 bridgehead atoms. The largest absolute Gasteiger partial charge is 0.467 e. The van der Waals surface area contributed by atoms with E-state index in [1.54, 1.807) is 37.7 Å². The Kier molecular flexibility index (Phi) is 6.02. The van der Waals surface area contributed by atoms with Gasteiger partial charge in [0.15, 0.2) is 0 Å². The van der Waals surface area contributed by atoms with Gasteiger partial charge in [-0.3, -0.25) is 0 Å². The van der Waals surface area contributed by atoms with Gasteiger partial charge in [-0.05, 0) is 38.8 Å². The third-order valence-corrected chi connectivity index (χ3v) is 2.81.